The van der Waals surface area contributed by atoms with Crippen molar-refractivity contribution in [3.05, 3.63) is 42.0 Å². The van der Waals surface area contributed by atoms with Crippen molar-refractivity contribution < 1.29 is 29.3 Å². The minimum Gasteiger partial charge on any atom is -0.478 e. The largest absolute Gasteiger partial charge is 0.478 e. The first-order valence-corrected chi connectivity index (χ1v) is 8.25. The second kappa shape index (κ2) is 12.1. The number of carboxylic acids is 2. The fraction of sp³-hybridized carbons (Fsp3) is 0.526. The molecule has 0 radical (unpaired) electrons. The van der Waals surface area contributed by atoms with Gasteiger partial charge in [-0.1, -0.05) is 33.6 Å². The van der Waals surface area contributed by atoms with Crippen molar-refractivity contribution in [3.63, 3.8) is 0 Å². The van der Waals surface area contributed by atoms with Crippen LogP contribution >= 0.6 is 0 Å². The molecule has 6 nitrogen and oxygen atoms in total. The van der Waals surface area contributed by atoms with E-state index in [1.54, 1.807) is 6.20 Å². The van der Waals surface area contributed by atoms with Gasteiger partial charge < -0.3 is 15.3 Å². The van der Waals surface area contributed by atoms with Gasteiger partial charge in [0.25, 0.3) is 0 Å². The summed E-state index contributed by atoms with van der Waals surface area (Å²) in [5.74, 6) is -1.87. The number of aliphatic hydroxyl groups is 1. The molecule has 3 N–H and O–H groups in total. The summed E-state index contributed by atoms with van der Waals surface area (Å²) < 4.78 is 13.0. The maximum atomic E-state index is 13.0. The third kappa shape index (κ3) is 8.71. The van der Waals surface area contributed by atoms with Crippen LogP contribution in [0.25, 0.3) is 0 Å². The van der Waals surface area contributed by atoms with Crippen LogP contribution in [0.4, 0.5) is 4.39 Å². The highest BCUT2D eigenvalue weighted by atomic mass is 19.1. The molecule has 0 saturated heterocycles. The van der Waals surface area contributed by atoms with Crippen LogP contribution in [-0.2, 0) is 9.59 Å². The van der Waals surface area contributed by atoms with Gasteiger partial charge in [-0.05, 0) is 30.7 Å². The van der Waals surface area contributed by atoms with E-state index in [2.05, 4.69) is 11.9 Å². The third-order valence-corrected chi connectivity index (χ3v) is 4.16. The Hall–Kier alpha value is -2.28. The van der Waals surface area contributed by atoms with Crippen LogP contribution in [0, 0.1) is 17.7 Å². The number of aliphatic hydroxyl groups excluding tert-OH is 1. The molecular weight excluding hydrogens is 341 g/mol. The Morgan fingerprint density at radius 2 is 1.88 bits per heavy atom. The van der Waals surface area contributed by atoms with E-state index in [4.69, 9.17) is 10.2 Å². The van der Waals surface area contributed by atoms with Crippen molar-refractivity contribution in [1.29, 1.82) is 0 Å². The molecule has 1 aromatic heterocycles. The maximum Gasteiger partial charge on any atom is 0.328 e. The summed E-state index contributed by atoms with van der Waals surface area (Å²) in [5, 5.41) is 25.8. The number of halogens is 1. The van der Waals surface area contributed by atoms with E-state index >= 15 is 0 Å². The lowest BCUT2D eigenvalue weighted by atomic mass is 9.93. The average molecular weight is 369 g/mol. The number of pyridine rings is 1. The summed E-state index contributed by atoms with van der Waals surface area (Å²) in [4.78, 5) is 22.9. The van der Waals surface area contributed by atoms with Crippen molar-refractivity contribution in [2.45, 2.75) is 52.6 Å². The number of carbonyl (C=O) groups is 2. The summed E-state index contributed by atoms with van der Waals surface area (Å²) in [6, 6.07) is 1.39. The molecule has 26 heavy (non-hydrogen) atoms. The van der Waals surface area contributed by atoms with Crippen LogP contribution in [0.1, 0.15) is 58.1 Å². The molecule has 1 aromatic rings. The van der Waals surface area contributed by atoms with E-state index < -0.39 is 18.0 Å². The molecule has 1 aliphatic rings. The molecule has 146 valence electrons. The van der Waals surface area contributed by atoms with Crippen molar-refractivity contribution >= 4 is 11.9 Å². The van der Waals surface area contributed by atoms with Gasteiger partial charge in [0.05, 0.1) is 12.3 Å². The minimum absolute atomic E-state index is 0. The summed E-state index contributed by atoms with van der Waals surface area (Å²) in [7, 11) is 0. The zero-order valence-corrected chi connectivity index (χ0v) is 14.1. The zero-order chi connectivity index (χ0) is 18.8. The molecule has 1 aliphatic carbocycles. The third-order valence-electron chi connectivity index (χ3n) is 4.16. The zero-order valence-electron chi connectivity index (χ0n) is 14.1. The quantitative estimate of drug-likeness (QED) is 0.658. The van der Waals surface area contributed by atoms with Crippen molar-refractivity contribution in [3.8, 4) is 0 Å². The van der Waals surface area contributed by atoms with Crippen molar-refractivity contribution in [2.24, 2.45) is 11.8 Å². The Kier molecular flexibility index (Phi) is 11.1. The smallest absolute Gasteiger partial charge is 0.328 e. The predicted molar refractivity (Wildman–Crippen MR) is 96.0 cm³/mol. The molecule has 0 aliphatic heterocycles. The van der Waals surface area contributed by atoms with E-state index in [0.29, 0.717) is 17.7 Å². The molecule has 0 unspecified atom stereocenters. The number of carboxylic acid groups (broad SMARTS) is 2. The first-order valence-electron chi connectivity index (χ1n) is 8.25. The normalized spacial score (nSPS) is 20.0. The number of hydrogen-bond acceptors (Lipinski definition) is 4. The predicted octanol–water partition coefficient (Wildman–Crippen LogP) is 3.82. The Morgan fingerprint density at radius 3 is 2.38 bits per heavy atom. The Labute approximate surface area is 153 Å². The molecule has 0 amide bonds. The first kappa shape index (κ1) is 23.7. The Morgan fingerprint density at radius 1 is 1.27 bits per heavy atom. The maximum absolute atomic E-state index is 13.0. The Balaban J connectivity index is 0.000000597. The lowest BCUT2D eigenvalue weighted by Crippen LogP contribution is -2.10. The molecule has 1 saturated carbocycles. The fourth-order valence-electron chi connectivity index (χ4n) is 3.08. The summed E-state index contributed by atoms with van der Waals surface area (Å²) >= 11 is 0. The molecule has 2 rings (SSSR count). The number of hydrogen-bond donors (Lipinski definition) is 3. The summed E-state index contributed by atoms with van der Waals surface area (Å²) in [5.41, 5.74) is 0.618. The molecule has 3 atom stereocenters. The van der Waals surface area contributed by atoms with Gasteiger partial charge in [-0.25, -0.2) is 14.0 Å². The van der Waals surface area contributed by atoms with Crippen LogP contribution in [0.2, 0.25) is 0 Å². The summed E-state index contributed by atoms with van der Waals surface area (Å²) in [6.45, 7) is 2.19. The van der Waals surface area contributed by atoms with Crippen molar-refractivity contribution in [1.82, 2.24) is 4.98 Å². The molecule has 0 aromatic carbocycles. The second-order valence-corrected chi connectivity index (χ2v) is 6.12. The van der Waals surface area contributed by atoms with Gasteiger partial charge in [-0.2, -0.15) is 0 Å². The van der Waals surface area contributed by atoms with E-state index in [-0.39, 0.29) is 19.2 Å². The summed E-state index contributed by atoms with van der Waals surface area (Å²) in [6.07, 6.45) is 9.04. The number of nitrogens with zero attached hydrogens (tertiary/aromatic N) is 1. The van der Waals surface area contributed by atoms with Crippen molar-refractivity contribution in [2.75, 3.05) is 0 Å². The first-order chi connectivity index (χ1) is 11.8. The minimum atomic E-state index is -1.26. The van der Waals surface area contributed by atoms with Gasteiger partial charge >= 0.3 is 11.9 Å². The van der Waals surface area contributed by atoms with Gasteiger partial charge in [0.1, 0.15) is 5.82 Å². The van der Waals surface area contributed by atoms with E-state index in [1.807, 2.05) is 0 Å². The average Bonchev–Trinajstić information content (AvgIpc) is 3.02. The lowest BCUT2D eigenvalue weighted by Gasteiger charge is -2.18. The molecule has 1 fully saturated rings. The number of rotatable bonds is 6. The standard InChI is InChI=1S/C14H20FNO.C4H4O4.CH4/c1-2-3-10-4-5-11(6-10)14(17)12-7-13(15)9-16-8-12;5-3(6)1-2-4(7)8;/h7-11,14,17H,2-6H2,1H3;1-2H,(H,5,6)(H,7,8);1H4/b;2-1-;/t10-,11+,14-;;/m1../s1. The molecule has 1 heterocycles. The Bertz CT molecular complexity index is 589. The molecule has 7 heteroatoms. The highest BCUT2D eigenvalue weighted by Crippen LogP contribution is 2.40. The number of aliphatic carboxylic acids is 2. The van der Waals surface area contributed by atoms with Crippen LogP contribution in [0.5, 0.6) is 0 Å². The molecule has 0 bridgehead atoms. The highest BCUT2D eigenvalue weighted by molar-refractivity contribution is 5.89. The van der Waals surface area contributed by atoms with Gasteiger partial charge in [-0.3, -0.25) is 4.98 Å². The monoisotopic (exact) mass is 369 g/mol. The van der Waals surface area contributed by atoms with E-state index in [0.717, 1.165) is 18.8 Å². The van der Waals surface area contributed by atoms with Gasteiger partial charge in [0.15, 0.2) is 0 Å². The van der Waals surface area contributed by atoms with Crippen LogP contribution in [-0.4, -0.2) is 32.2 Å². The van der Waals surface area contributed by atoms with Crippen LogP contribution in [0.3, 0.4) is 0 Å². The molecule has 0 spiro atoms. The lowest BCUT2D eigenvalue weighted by molar-refractivity contribution is -0.134. The topological polar surface area (TPSA) is 108 Å². The van der Waals surface area contributed by atoms with E-state index in [9.17, 15) is 19.1 Å². The fourth-order valence-corrected chi connectivity index (χ4v) is 3.08. The molecular formula is C19H28FNO5. The van der Waals surface area contributed by atoms with Crippen LogP contribution < -0.4 is 0 Å². The second-order valence-electron chi connectivity index (χ2n) is 6.12. The number of aromatic nitrogens is 1. The van der Waals surface area contributed by atoms with Gasteiger partial charge in [-0.15, -0.1) is 0 Å². The van der Waals surface area contributed by atoms with Gasteiger partial charge in [0.2, 0.25) is 0 Å². The highest BCUT2D eigenvalue weighted by Gasteiger charge is 2.30. The van der Waals surface area contributed by atoms with Crippen LogP contribution in [0.15, 0.2) is 30.6 Å². The van der Waals surface area contributed by atoms with Gasteiger partial charge in [0, 0.05) is 23.9 Å². The SMILES string of the molecule is C.CCC[C@@H]1CC[C@H]([C@@H](O)c2cncc(F)c2)C1.O=C(O)/C=C\C(=O)O. The van der Waals surface area contributed by atoms with E-state index in [1.165, 1.54) is 31.5 Å².